The summed E-state index contributed by atoms with van der Waals surface area (Å²) < 4.78 is 26.7. The van der Waals surface area contributed by atoms with Gasteiger partial charge in [-0.2, -0.15) is 0 Å². The van der Waals surface area contributed by atoms with Gasteiger partial charge in [-0.15, -0.1) is 0 Å². The molecule has 2 aromatic rings. The summed E-state index contributed by atoms with van der Waals surface area (Å²) in [5, 5.41) is 3.21. The Morgan fingerprint density at radius 3 is 2.67 bits per heavy atom. The number of benzene rings is 1. The Hall–Kier alpha value is -1.53. The Balaban J connectivity index is 2.10. The van der Waals surface area contributed by atoms with E-state index < -0.39 is 17.2 Å². The van der Waals surface area contributed by atoms with E-state index in [1.807, 2.05) is 0 Å². The van der Waals surface area contributed by atoms with E-state index in [9.17, 15) is 8.78 Å². The van der Waals surface area contributed by atoms with Crippen LogP contribution in [0.3, 0.4) is 0 Å². The van der Waals surface area contributed by atoms with Gasteiger partial charge in [-0.3, -0.25) is 0 Å². The first kappa shape index (κ1) is 11.6. The average molecular weight is 252 g/mol. The summed E-state index contributed by atoms with van der Waals surface area (Å²) in [6.45, 7) is 1.59. The third-order valence-electron chi connectivity index (χ3n) is 3.47. The van der Waals surface area contributed by atoms with Crippen molar-refractivity contribution in [1.29, 1.82) is 0 Å². The second-order valence-electron chi connectivity index (χ2n) is 4.78. The Bertz CT molecular complexity index is 587. The highest BCUT2D eigenvalue weighted by Crippen LogP contribution is 2.28. The molecule has 1 aromatic heterocycles. The number of nitrogens with one attached hydrogen (secondary N) is 2. The first-order valence-corrected chi connectivity index (χ1v) is 5.93. The second kappa shape index (κ2) is 4.00. The van der Waals surface area contributed by atoms with E-state index in [2.05, 4.69) is 15.3 Å². The summed E-state index contributed by atoms with van der Waals surface area (Å²) in [5.74, 6) is -0.750. The molecule has 4 N–H and O–H groups in total. The lowest BCUT2D eigenvalue weighted by Gasteiger charge is -2.31. The van der Waals surface area contributed by atoms with E-state index >= 15 is 0 Å². The molecule has 0 saturated carbocycles. The zero-order valence-corrected chi connectivity index (χ0v) is 9.76. The minimum Gasteiger partial charge on any atom is -0.340 e. The van der Waals surface area contributed by atoms with Gasteiger partial charge in [0.1, 0.15) is 17.2 Å². The molecule has 1 aliphatic heterocycles. The van der Waals surface area contributed by atoms with Crippen LogP contribution < -0.4 is 11.1 Å². The molecule has 3 rings (SSSR count). The van der Waals surface area contributed by atoms with Crippen LogP contribution in [0.25, 0.3) is 11.0 Å². The topological polar surface area (TPSA) is 66.7 Å². The standard InChI is InChI=1S/C12H14F2N4/c13-7-5-8(14)10-9(6-7)17-11(18-10)12(15)1-3-16-4-2-12/h5-6,16H,1-4,15H2,(H,17,18). The molecule has 4 nitrogen and oxygen atoms in total. The van der Waals surface area contributed by atoms with Crippen molar-refractivity contribution in [3.63, 3.8) is 0 Å². The summed E-state index contributed by atoms with van der Waals surface area (Å²) in [6, 6.07) is 2.07. The van der Waals surface area contributed by atoms with Gasteiger partial charge in [0.2, 0.25) is 0 Å². The van der Waals surface area contributed by atoms with Crippen LogP contribution in [-0.2, 0) is 5.54 Å². The summed E-state index contributed by atoms with van der Waals surface area (Å²) in [4.78, 5) is 7.14. The predicted octanol–water partition coefficient (Wildman–Crippen LogP) is 1.38. The molecule has 1 aromatic carbocycles. The molecule has 0 spiro atoms. The van der Waals surface area contributed by atoms with E-state index in [-0.39, 0.29) is 5.52 Å². The number of halogens is 2. The van der Waals surface area contributed by atoms with Gasteiger partial charge in [0.15, 0.2) is 5.82 Å². The number of nitrogens with two attached hydrogens (primary N) is 1. The lowest BCUT2D eigenvalue weighted by molar-refractivity contribution is 0.304. The molecular weight excluding hydrogens is 238 g/mol. The fraction of sp³-hybridized carbons (Fsp3) is 0.417. The van der Waals surface area contributed by atoms with Crippen molar-refractivity contribution >= 4 is 11.0 Å². The fourth-order valence-corrected chi connectivity index (χ4v) is 2.39. The van der Waals surface area contributed by atoms with Crippen LogP contribution in [-0.4, -0.2) is 23.1 Å². The molecule has 1 aliphatic rings. The van der Waals surface area contributed by atoms with Crippen molar-refractivity contribution in [2.45, 2.75) is 18.4 Å². The number of piperidine rings is 1. The molecule has 18 heavy (non-hydrogen) atoms. The van der Waals surface area contributed by atoms with E-state index in [1.54, 1.807) is 0 Å². The largest absolute Gasteiger partial charge is 0.340 e. The Kier molecular flexibility index (Phi) is 2.57. The number of H-pyrrole nitrogens is 1. The van der Waals surface area contributed by atoms with E-state index in [0.29, 0.717) is 11.3 Å². The molecule has 0 atom stereocenters. The smallest absolute Gasteiger partial charge is 0.153 e. The van der Waals surface area contributed by atoms with Crippen LogP contribution >= 0.6 is 0 Å². The number of rotatable bonds is 1. The third kappa shape index (κ3) is 1.77. The highest BCUT2D eigenvalue weighted by Gasteiger charge is 2.32. The second-order valence-corrected chi connectivity index (χ2v) is 4.78. The number of nitrogens with zero attached hydrogens (tertiary/aromatic N) is 1. The molecule has 0 bridgehead atoms. The van der Waals surface area contributed by atoms with Crippen molar-refractivity contribution in [2.75, 3.05) is 13.1 Å². The number of hydrogen-bond acceptors (Lipinski definition) is 3. The van der Waals surface area contributed by atoms with Gasteiger partial charge in [-0.25, -0.2) is 13.8 Å². The van der Waals surface area contributed by atoms with Gasteiger partial charge in [0.05, 0.1) is 11.1 Å². The zero-order valence-electron chi connectivity index (χ0n) is 9.76. The van der Waals surface area contributed by atoms with Gasteiger partial charge < -0.3 is 16.0 Å². The van der Waals surface area contributed by atoms with Gasteiger partial charge in [-0.1, -0.05) is 0 Å². The Morgan fingerprint density at radius 1 is 1.22 bits per heavy atom. The fourth-order valence-electron chi connectivity index (χ4n) is 2.39. The SMILES string of the molecule is NC1(c2nc3c(F)cc(F)cc3[nH]2)CCNCC1. The highest BCUT2D eigenvalue weighted by atomic mass is 19.1. The van der Waals surface area contributed by atoms with Crippen molar-refractivity contribution in [1.82, 2.24) is 15.3 Å². The summed E-state index contributed by atoms with van der Waals surface area (Å²) in [6.07, 6.45) is 1.44. The van der Waals surface area contributed by atoms with Crippen LogP contribution in [0.2, 0.25) is 0 Å². The van der Waals surface area contributed by atoms with Crippen molar-refractivity contribution < 1.29 is 8.78 Å². The highest BCUT2D eigenvalue weighted by molar-refractivity contribution is 5.76. The summed E-state index contributed by atoms with van der Waals surface area (Å²) >= 11 is 0. The maximum atomic E-state index is 13.6. The first-order chi connectivity index (χ1) is 8.58. The molecule has 0 aliphatic carbocycles. The van der Waals surface area contributed by atoms with Crippen molar-refractivity contribution in [2.24, 2.45) is 5.73 Å². The molecule has 1 saturated heterocycles. The summed E-state index contributed by atoms with van der Waals surface area (Å²) in [5.41, 5.74) is 6.19. The third-order valence-corrected chi connectivity index (χ3v) is 3.47. The van der Waals surface area contributed by atoms with Gasteiger partial charge >= 0.3 is 0 Å². The van der Waals surface area contributed by atoms with Gasteiger partial charge in [-0.05, 0) is 32.0 Å². The monoisotopic (exact) mass is 252 g/mol. The Labute approximate surface area is 103 Å². The number of aromatic amines is 1. The lowest BCUT2D eigenvalue weighted by Crippen LogP contribution is -2.47. The van der Waals surface area contributed by atoms with Crippen LogP contribution in [0.4, 0.5) is 8.78 Å². The maximum absolute atomic E-state index is 13.6. The van der Waals surface area contributed by atoms with Crippen LogP contribution in [0, 0.1) is 11.6 Å². The zero-order chi connectivity index (χ0) is 12.8. The Morgan fingerprint density at radius 2 is 1.94 bits per heavy atom. The van der Waals surface area contributed by atoms with E-state index in [0.717, 1.165) is 32.0 Å². The molecular formula is C12H14F2N4. The molecule has 1 fully saturated rings. The minimum absolute atomic E-state index is 0.148. The quantitative estimate of drug-likeness (QED) is 0.718. The molecule has 0 unspecified atom stereocenters. The number of aromatic nitrogens is 2. The van der Waals surface area contributed by atoms with Crippen molar-refractivity contribution in [3.8, 4) is 0 Å². The predicted molar refractivity (Wildman–Crippen MR) is 64.0 cm³/mol. The maximum Gasteiger partial charge on any atom is 0.153 e. The molecule has 2 heterocycles. The number of imidazole rings is 1. The van der Waals surface area contributed by atoms with Gasteiger partial charge in [0.25, 0.3) is 0 Å². The van der Waals surface area contributed by atoms with Crippen LogP contribution in [0.5, 0.6) is 0 Å². The lowest BCUT2D eigenvalue weighted by atomic mass is 9.89. The average Bonchev–Trinajstić information content (AvgIpc) is 2.74. The summed E-state index contributed by atoms with van der Waals surface area (Å²) in [7, 11) is 0. The van der Waals surface area contributed by atoms with Crippen LogP contribution in [0.15, 0.2) is 12.1 Å². The van der Waals surface area contributed by atoms with Gasteiger partial charge in [0, 0.05) is 6.07 Å². The molecule has 0 radical (unpaired) electrons. The first-order valence-electron chi connectivity index (χ1n) is 5.93. The molecule has 96 valence electrons. The number of hydrogen-bond donors (Lipinski definition) is 3. The minimum atomic E-state index is -0.662. The molecule has 0 amide bonds. The van der Waals surface area contributed by atoms with Crippen LogP contribution in [0.1, 0.15) is 18.7 Å². The van der Waals surface area contributed by atoms with E-state index in [1.165, 1.54) is 6.07 Å². The number of fused-ring (bicyclic) bond motifs is 1. The van der Waals surface area contributed by atoms with E-state index in [4.69, 9.17) is 5.73 Å². The molecule has 6 heteroatoms. The normalized spacial score (nSPS) is 19.3. The van der Waals surface area contributed by atoms with Crippen molar-refractivity contribution in [3.05, 3.63) is 29.6 Å².